The molecule has 0 saturated heterocycles. The Morgan fingerprint density at radius 2 is 1.50 bits per heavy atom. The molecule has 0 spiro atoms. The van der Waals surface area contributed by atoms with Crippen molar-refractivity contribution in [2.24, 2.45) is 0 Å². The van der Waals surface area contributed by atoms with E-state index < -0.39 is 0 Å². The first-order valence-corrected chi connectivity index (χ1v) is 11.7. The third-order valence-electron chi connectivity index (χ3n) is 6.25. The van der Waals surface area contributed by atoms with Crippen LogP contribution in [0.1, 0.15) is 96.2 Å². The molecule has 0 radical (unpaired) electrons. The van der Waals surface area contributed by atoms with E-state index in [4.69, 9.17) is 4.98 Å². The van der Waals surface area contributed by atoms with Crippen LogP contribution in [0.15, 0.2) is 54.6 Å². The normalized spacial score (nSPS) is 14.2. The molecule has 1 N–H and O–H groups in total. The molecule has 1 amide bonds. The third-order valence-corrected chi connectivity index (χ3v) is 6.25. The molecule has 1 heterocycles. The lowest BCUT2D eigenvalue weighted by Gasteiger charge is -2.31. The van der Waals surface area contributed by atoms with Crippen LogP contribution in [-0.4, -0.2) is 10.9 Å². The number of hydrogen-bond donors (Lipinski definition) is 1. The molecule has 170 valence electrons. The highest BCUT2D eigenvalue weighted by molar-refractivity contribution is 5.78. The molecule has 2 aromatic carbocycles. The summed E-state index contributed by atoms with van der Waals surface area (Å²) in [6.07, 6.45) is 0.876. The van der Waals surface area contributed by atoms with Gasteiger partial charge in [0.15, 0.2) is 0 Å². The Kier molecular flexibility index (Phi) is 6.78. The number of para-hydroxylation sites is 1. The van der Waals surface area contributed by atoms with Gasteiger partial charge in [0.05, 0.1) is 11.6 Å². The zero-order valence-corrected chi connectivity index (χ0v) is 20.9. The lowest BCUT2D eigenvalue weighted by Crippen LogP contribution is -2.32. The van der Waals surface area contributed by atoms with E-state index in [1.807, 2.05) is 12.1 Å². The van der Waals surface area contributed by atoms with Crippen molar-refractivity contribution < 1.29 is 4.79 Å². The van der Waals surface area contributed by atoms with Crippen molar-refractivity contribution >= 4 is 16.8 Å². The van der Waals surface area contributed by atoms with Crippen molar-refractivity contribution in [3.63, 3.8) is 0 Å². The molecule has 2 atom stereocenters. The van der Waals surface area contributed by atoms with E-state index in [-0.39, 0.29) is 28.7 Å². The summed E-state index contributed by atoms with van der Waals surface area (Å²) < 4.78 is 0. The van der Waals surface area contributed by atoms with E-state index in [0.717, 1.165) is 28.6 Å². The number of hydrogen-bond acceptors (Lipinski definition) is 2. The number of nitrogens with zero attached hydrogens (tertiary/aromatic N) is 1. The van der Waals surface area contributed by atoms with Crippen molar-refractivity contribution in [1.29, 1.82) is 0 Å². The van der Waals surface area contributed by atoms with Gasteiger partial charge in [-0.2, -0.15) is 0 Å². The number of rotatable bonds is 5. The fraction of sp³-hybridized carbons (Fsp3) is 0.448. The van der Waals surface area contributed by atoms with Crippen molar-refractivity contribution in [2.75, 3.05) is 0 Å². The van der Waals surface area contributed by atoms with Crippen molar-refractivity contribution in [1.82, 2.24) is 10.3 Å². The second-order valence-corrected chi connectivity index (χ2v) is 11.0. The molecule has 0 aliphatic heterocycles. The molecule has 3 nitrogen and oxygen atoms in total. The summed E-state index contributed by atoms with van der Waals surface area (Å²) in [7, 11) is 0. The molecule has 0 fully saturated rings. The maximum atomic E-state index is 12.3. The monoisotopic (exact) mass is 430 g/mol. The molecule has 0 bridgehead atoms. The Hall–Kier alpha value is -2.68. The van der Waals surface area contributed by atoms with Crippen LogP contribution in [0, 0.1) is 0 Å². The van der Waals surface area contributed by atoms with E-state index in [0.29, 0.717) is 0 Å². The summed E-state index contributed by atoms with van der Waals surface area (Å²) in [6, 6.07) is 19.2. The van der Waals surface area contributed by atoms with Gasteiger partial charge >= 0.3 is 0 Å². The average molecular weight is 431 g/mol. The Balaban J connectivity index is 2.18. The number of aromatic nitrogens is 1. The first-order chi connectivity index (χ1) is 14.9. The minimum atomic E-state index is -0.144. The van der Waals surface area contributed by atoms with Gasteiger partial charge in [0.2, 0.25) is 5.91 Å². The second-order valence-electron chi connectivity index (χ2n) is 11.0. The smallest absolute Gasteiger partial charge is 0.217 e. The van der Waals surface area contributed by atoms with Gasteiger partial charge in [-0.15, -0.1) is 0 Å². The number of pyridine rings is 1. The third kappa shape index (κ3) is 5.38. The molecule has 3 heteroatoms. The molecular formula is C29H38N2O. The number of nitrogens with one attached hydrogen (secondary N) is 1. The summed E-state index contributed by atoms with van der Waals surface area (Å²) in [4.78, 5) is 17.3. The van der Waals surface area contributed by atoms with Crippen LogP contribution in [0.2, 0.25) is 0 Å². The fourth-order valence-electron chi connectivity index (χ4n) is 4.24. The van der Waals surface area contributed by atoms with Crippen LogP contribution in [-0.2, 0) is 15.6 Å². The second kappa shape index (κ2) is 9.05. The minimum absolute atomic E-state index is 0.0136. The van der Waals surface area contributed by atoms with Gasteiger partial charge in [0.1, 0.15) is 0 Å². The summed E-state index contributed by atoms with van der Waals surface area (Å²) >= 11 is 0. The SMILES string of the molecule is CC[C@H](c1ccc2ccccc2n1)[C@H](NC(C)=O)c1cc(C(C)(C)C)cc(C(C)(C)C)c1. The van der Waals surface area contributed by atoms with Crippen LogP contribution in [0.4, 0.5) is 0 Å². The predicted octanol–water partition coefficient (Wildman–Crippen LogP) is 7.20. The molecule has 0 aliphatic rings. The van der Waals surface area contributed by atoms with Gasteiger partial charge in [0, 0.05) is 23.9 Å². The van der Waals surface area contributed by atoms with Crippen LogP contribution < -0.4 is 5.32 Å². The van der Waals surface area contributed by atoms with Crippen molar-refractivity contribution in [2.45, 2.75) is 84.6 Å². The van der Waals surface area contributed by atoms with Gasteiger partial charge in [-0.1, -0.05) is 90.9 Å². The van der Waals surface area contributed by atoms with Gasteiger partial charge in [-0.05, 0) is 46.1 Å². The zero-order valence-electron chi connectivity index (χ0n) is 20.9. The van der Waals surface area contributed by atoms with E-state index >= 15 is 0 Å². The van der Waals surface area contributed by atoms with E-state index in [1.165, 1.54) is 11.1 Å². The summed E-state index contributed by atoms with van der Waals surface area (Å²) in [5, 5.41) is 4.40. The molecule has 32 heavy (non-hydrogen) atoms. The Morgan fingerprint density at radius 1 is 0.906 bits per heavy atom. The largest absolute Gasteiger partial charge is 0.349 e. The number of carbonyl (C=O) groups excluding carboxylic acids is 1. The Bertz CT molecular complexity index is 1070. The molecular weight excluding hydrogens is 392 g/mol. The highest BCUT2D eigenvalue weighted by Gasteiger charge is 2.29. The lowest BCUT2D eigenvalue weighted by molar-refractivity contribution is -0.119. The van der Waals surface area contributed by atoms with E-state index in [2.05, 4.69) is 96.2 Å². The molecule has 3 aromatic rings. The van der Waals surface area contributed by atoms with Gasteiger partial charge < -0.3 is 5.32 Å². The van der Waals surface area contributed by atoms with Crippen molar-refractivity contribution in [3.05, 3.63) is 77.0 Å². The topological polar surface area (TPSA) is 42.0 Å². The van der Waals surface area contributed by atoms with E-state index in [9.17, 15) is 4.79 Å². The number of amides is 1. The maximum absolute atomic E-state index is 12.3. The predicted molar refractivity (Wildman–Crippen MR) is 135 cm³/mol. The molecule has 0 unspecified atom stereocenters. The first-order valence-electron chi connectivity index (χ1n) is 11.7. The number of benzene rings is 2. The summed E-state index contributed by atoms with van der Waals surface area (Å²) in [5.74, 6) is 0.0549. The lowest BCUT2D eigenvalue weighted by atomic mass is 9.77. The van der Waals surface area contributed by atoms with Crippen LogP contribution in [0.3, 0.4) is 0 Å². The van der Waals surface area contributed by atoms with Crippen LogP contribution >= 0.6 is 0 Å². The minimum Gasteiger partial charge on any atom is -0.349 e. The summed E-state index contributed by atoms with van der Waals surface area (Å²) in [6.45, 7) is 17.2. The number of fused-ring (bicyclic) bond motifs is 1. The van der Waals surface area contributed by atoms with Crippen molar-refractivity contribution in [3.8, 4) is 0 Å². The van der Waals surface area contributed by atoms with Gasteiger partial charge in [0.25, 0.3) is 0 Å². The average Bonchev–Trinajstić information content (AvgIpc) is 2.71. The Morgan fingerprint density at radius 3 is 2.03 bits per heavy atom. The molecule has 0 saturated carbocycles. The molecule has 1 aromatic heterocycles. The van der Waals surface area contributed by atoms with E-state index in [1.54, 1.807) is 6.92 Å². The van der Waals surface area contributed by atoms with Gasteiger partial charge in [-0.25, -0.2) is 0 Å². The zero-order chi connectivity index (χ0) is 23.7. The quantitative estimate of drug-likeness (QED) is 0.465. The first kappa shape index (κ1) is 24.0. The van der Waals surface area contributed by atoms with Gasteiger partial charge in [-0.3, -0.25) is 9.78 Å². The Labute approximate surface area is 193 Å². The standard InChI is InChI=1S/C29H38N2O/c1-9-24(26-15-14-20-12-10-11-13-25(20)31-26)27(30-19(2)32)21-16-22(28(3,4)5)18-23(17-21)29(6,7)8/h10-18,24,27H,9H2,1-8H3,(H,30,32)/t24-,27-/m1/s1. The molecule has 3 rings (SSSR count). The van der Waals surface area contributed by atoms with Crippen LogP contribution in [0.5, 0.6) is 0 Å². The maximum Gasteiger partial charge on any atom is 0.217 e. The highest BCUT2D eigenvalue weighted by atomic mass is 16.1. The molecule has 0 aliphatic carbocycles. The number of carbonyl (C=O) groups is 1. The highest BCUT2D eigenvalue weighted by Crippen LogP contribution is 2.38. The van der Waals surface area contributed by atoms with Crippen LogP contribution in [0.25, 0.3) is 10.9 Å². The summed E-state index contributed by atoms with van der Waals surface area (Å²) in [5.41, 5.74) is 5.76. The fourth-order valence-corrected chi connectivity index (χ4v) is 4.24.